The van der Waals surface area contributed by atoms with E-state index >= 15 is 0 Å². The Kier molecular flexibility index (Phi) is 17.9. The van der Waals surface area contributed by atoms with Crippen LogP contribution in [-0.2, 0) is 62.5 Å². The lowest BCUT2D eigenvalue weighted by molar-refractivity contribution is -0.355. The van der Waals surface area contributed by atoms with E-state index in [1.54, 1.807) is 88.9 Å². The molecule has 14 nitrogen and oxygen atoms in total. The normalized spacial score (nSPS) is 23.7. The average molecular weight is 919 g/mol. The van der Waals surface area contributed by atoms with Gasteiger partial charge in [0.25, 0.3) is 0 Å². The molecule has 2 aliphatic heterocycles. The van der Waals surface area contributed by atoms with Crippen molar-refractivity contribution in [3.63, 3.8) is 0 Å². The van der Waals surface area contributed by atoms with Gasteiger partial charge in [0.15, 0.2) is 18.7 Å². The number of hydrogen-bond acceptors (Lipinski definition) is 14. The van der Waals surface area contributed by atoms with Crippen LogP contribution in [0.4, 0.5) is 0 Å². The smallest absolute Gasteiger partial charge is 0.338 e. The van der Waals surface area contributed by atoms with Crippen molar-refractivity contribution >= 4 is 11.9 Å². The average Bonchev–Trinajstić information content (AvgIpc) is 3.37. The predicted molar refractivity (Wildman–Crippen MR) is 246 cm³/mol. The number of esters is 2. The molecule has 5 aromatic rings. The standard InChI is InChI=1S/C53H58O14/c1-6-29-60-53-49(66-51(55)40-15-11-8-12-16-40)48(47(62-33-38-21-27-43(58-5)28-22-38)46(65-53)34-59-31-36-17-23-41(56-3)24-18-36)67-52-45(61-32-37-19-25-42(57-4)26-20-37)30-44(35(2)63-52)64-50(54)39-13-9-7-10-14-39/h6-28,35,44-49,52-53H,1,29-34H2,2-5H3/t35-,44-,45-,46-,47-,48+,49+,52-,53+/m1/s1. The minimum atomic E-state index is -1.24. The molecule has 2 aliphatic rings. The Labute approximate surface area is 391 Å². The maximum absolute atomic E-state index is 14.0. The molecule has 67 heavy (non-hydrogen) atoms. The van der Waals surface area contributed by atoms with E-state index in [0.717, 1.165) is 22.4 Å². The molecule has 0 bridgehead atoms. The fourth-order valence-electron chi connectivity index (χ4n) is 7.67. The zero-order valence-electron chi connectivity index (χ0n) is 38.1. The lowest BCUT2D eigenvalue weighted by atomic mass is 9.97. The minimum Gasteiger partial charge on any atom is -0.497 e. The van der Waals surface area contributed by atoms with Gasteiger partial charge in [-0.3, -0.25) is 0 Å². The summed E-state index contributed by atoms with van der Waals surface area (Å²) in [5, 5.41) is 0. The molecule has 2 saturated heterocycles. The second kappa shape index (κ2) is 24.6. The van der Waals surface area contributed by atoms with Gasteiger partial charge in [-0.15, -0.1) is 6.58 Å². The summed E-state index contributed by atoms with van der Waals surface area (Å²) < 4.78 is 75.1. The highest BCUT2D eigenvalue weighted by Gasteiger charge is 2.53. The van der Waals surface area contributed by atoms with Gasteiger partial charge in [0, 0.05) is 6.42 Å². The monoisotopic (exact) mass is 918 g/mol. The maximum Gasteiger partial charge on any atom is 0.338 e. The van der Waals surface area contributed by atoms with Gasteiger partial charge >= 0.3 is 11.9 Å². The predicted octanol–water partition coefficient (Wildman–Crippen LogP) is 8.30. The third kappa shape index (κ3) is 13.5. The van der Waals surface area contributed by atoms with Crippen LogP contribution in [0.25, 0.3) is 0 Å². The van der Waals surface area contributed by atoms with Crippen molar-refractivity contribution in [3.05, 3.63) is 174 Å². The number of hydrogen-bond donors (Lipinski definition) is 0. The second-order valence-corrected chi connectivity index (χ2v) is 15.9. The molecule has 0 spiro atoms. The van der Waals surface area contributed by atoms with Gasteiger partial charge in [-0.05, 0) is 84.3 Å². The van der Waals surface area contributed by atoms with Crippen molar-refractivity contribution in [2.75, 3.05) is 34.5 Å². The Morgan fingerprint density at radius 2 is 1.07 bits per heavy atom. The maximum atomic E-state index is 14.0. The highest BCUT2D eigenvalue weighted by Crippen LogP contribution is 2.36. The highest BCUT2D eigenvalue weighted by atomic mass is 16.8. The Morgan fingerprint density at radius 1 is 0.567 bits per heavy atom. The molecule has 2 fully saturated rings. The van der Waals surface area contributed by atoms with E-state index in [1.165, 1.54) is 0 Å². The Bertz CT molecular complexity index is 2270. The number of benzene rings is 5. The van der Waals surface area contributed by atoms with E-state index in [1.807, 2.05) is 78.9 Å². The van der Waals surface area contributed by atoms with Crippen LogP contribution in [0, 0.1) is 0 Å². The van der Waals surface area contributed by atoms with Gasteiger partial charge in [0.2, 0.25) is 0 Å². The summed E-state index contributed by atoms with van der Waals surface area (Å²) in [6.45, 7) is 6.20. The van der Waals surface area contributed by atoms with Gasteiger partial charge in [-0.2, -0.15) is 0 Å². The lowest BCUT2D eigenvalue weighted by Gasteiger charge is -2.48. The number of methoxy groups -OCH3 is 3. The van der Waals surface area contributed by atoms with Crippen molar-refractivity contribution in [1.82, 2.24) is 0 Å². The highest BCUT2D eigenvalue weighted by molar-refractivity contribution is 5.90. The van der Waals surface area contributed by atoms with Crippen molar-refractivity contribution in [3.8, 4) is 17.2 Å². The van der Waals surface area contributed by atoms with E-state index < -0.39 is 67.2 Å². The third-order valence-electron chi connectivity index (χ3n) is 11.4. The van der Waals surface area contributed by atoms with Crippen LogP contribution in [0.1, 0.15) is 50.8 Å². The van der Waals surface area contributed by atoms with Crippen LogP contribution in [0.2, 0.25) is 0 Å². The first kappa shape index (κ1) is 48.8. The third-order valence-corrected chi connectivity index (χ3v) is 11.4. The molecule has 9 atom stereocenters. The summed E-state index contributed by atoms with van der Waals surface area (Å²) in [6.07, 6.45) is -6.93. The molecule has 0 amide bonds. The molecule has 354 valence electrons. The SMILES string of the molecule is C=CCO[C@H]1O[C@H](COCc2ccc(OC)cc2)[C@@H](OCc2ccc(OC)cc2)[C@H](O[C@H]2O[C@H](C)[C@H](OC(=O)c3ccccc3)C[C@H]2OCc2ccc(OC)cc2)[C@@H]1OC(=O)c1ccccc1. The summed E-state index contributed by atoms with van der Waals surface area (Å²) in [7, 11) is 4.81. The second-order valence-electron chi connectivity index (χ2n) is 15.9. The fraction of sp³-hybridized carbons (Fsp3) is 0.358. The number of carbonyl (C=O) groups is 2. The van der Waals surface area contributed by atoms with Gasteiger partial charge in [0.1, 0.15) is 47.8 Å². The van der Waals surface area contributed by atoms with Gasteiger partial charge in [-0.25, -0.2) is 9.59 Å². The summed E-state index contributed by atoms with van der Waals surface area (Å²) in [6, 6.07) is 39.8. The molecule has 0 unspecified atom stereocenters. The quantitative estimate of drug-likeness (QED) is 0.0485. The number of ether oxygens (including phenoxy) is 12. The van der Waals surface area contributed by atoms with E-state index in [2.05, 4.69) is 6.58 Å². The largest absolute Gasteiger partial charge is 0.497 e. The van der Waals surface area contributed by atoms with Crippen LogP contribution in [0.15, 0.2) is 146 Å². The summed E-state index contributed by atoms with van der Waals surface area (Å²) >= 11 is 0. The van der Waals surface area contributed by atoms with Gasteiger partial charge in [0.05, 0.1) is 71.6 Å². The first-order valence-corrected chi connectivity index (χ1v) is 22.2. The molecule has 0 radical (unpaired) electrons. The van der Waals surface area contributed by atoms with Gasteiger partial charge < -0.3 is 56.8 Å². The Balaban J connectivity index is 1.24. The van der Waals surface area contributed by atoms with Crippen molar-refractivity contribution < 1.29 is 66.4 Å². The number of rotatable bonds is 22. The topological polar surface area (TPSA) is 145 Å². The molecule has 7 rings (SSSR count). The minimum absolute atomic E-state index is 0.0172. The van der Waals surface area contributed by atoms with Crippen molar-refractivity contribution in [2.24, 2.45) is 0 Å². The summed E-state index contributed by atoms with van der Waals surface area (Å²) in [4.78, 5) is 27.5. The molecule has 0 aromatic heterocycles. The zero-order valence-corrected chi connectivity index (χ0v) is 38.1. The van der Waals surface area contributed by atoms with Crippen molar-refractivity contribution in [1.29, 1.82) is 0 Å². The van der Waals surface area contributed by atoms with Crippen LogP contribution < -0.4 is 14.2 Å². The summed E-state index contributed by atoms with van der Waals surface area (Å²) in [5.74, 6) is 0.952. The first-order chi connectivity index (χ1) is 32.7. The molecular weight excluding hydrogens is 861 g/mol. The van der Waals surface area contributed by atoms with E-state index in [-0.39, 0.29) is 39.5 Å². The first-order valence-electron chi connectivity index (χ1n) is 22.2. The van der Waals surface area contributed by atoms with Crippen LogP contribution >= 0.6 is 0 Å². The zero-order chi connectivity index (χ0) is 47.0. The van der Waals surface area contributed by atoms with E-state index in [0.29, 0.717) is 22.6 Å². The summed E-state index contributed by atoms with van der Waals surface area (Å²) in [5.41, 5.74) is 3.28. The fourth-order valence-corrected chi connectivity index (χ4v) is 7.67. The molecule has 5 aromatic carbocycles. The molecule has 14 heteroatoms. The van der Waals surface area contributed by atoms with E-state index in [9.17, 15) is 9.59 Å². The van der Waals surface area contributed by atoms with Crippen LogP contribution in [0.5, 0.6) is 17.2 Å². The lowest BCUT2D eigenvalue weighted by Crippen LogP contribution is -2.64. The van der Waals surface area contributed by atoms with E-state index in [4.69, 9.17) is 56.8 Å². The molecule has 0 N–H and O–H groups in total. The number of carbonyl (C=O) groups excluding carboxylic acids is 2. The van der Waals surface area contributed by atoms with Crippen molar-refractivity contribution in [2.45, 2.75) is 88.5 Å². The Hall–Kier alpha value is -6.10. The molecule has 0 saturated carbocycles. The van der Waals surface area contributed by atoms with Crippen LogP contribution in [0.3, 0.4) is 0 Å². The van der Waals surface area contributed by atoms with Gasteiger partial charge in [-0.1, -0.05) is 78.9 Å². The molecular formula is C53H58O14. The van der Waals surface area contributed by atoms with Crippen LogP contribution in [-0.4, -0.2) is 102 Å². The molecule has 2 heterocycles. The molecule has 0 aliphatic carbocycles. The Morgan fingerprint density at radius 3 is 1.60 bits per heavy atom.